The third-order valence-electron chi connectivity index (χ3n) is 4.50. The minimum absolute atomic E-state index is 0.0858. The topological polar surface area (TPSA) is 54.5 Å². The Kier molecular flexibility index (Phi) is 4.52. The van der Waals surface area contributed by atoms with Crippen molar-refractivity contribution < 1.29 is 13.2 Å². The summed E-state index contributed by atoms with van der Waals surface area (Å²) in [6.07, 6.45) is 1.60. The molecule has 0 saturated heterocycles. The zero-order chi connectivity index (χ0) is 18.2. The highest BCUT2D eigenvalue weighted by molar-refractivity contribution is 7.94. The SMILES string of the molecule is Cc1cccc(C(=O)N(c2ccc(C)c(C)c2)[C@@H]2C=CS(=O)(=O)C2)c1. The van der Waals surface area contributed by atoms with Gasteiger partial charge in [0.2, 0.25) is 0 Å². The first kappa shape index (κ1) is 17.4. The lowest BCUT2D eigenvalue weighted by molar-refractivity contribution is 0.0983. The molecular weight excluding hydrogens is 334 g/mol. The number of hydrogen-bond donors (Lipinski definition) is 0. The zero-order valence-electron chi connectivity index (χ0n) is 14.6. The van der Waals surface area contributed by atoms with E-state index in [1.807, 2.05) is 57.2 Å². The van der Waals surface area contributed by atoms with Crippen LogP contribution in [-0.4, -0.2) is 26.1 Å². The standard InChI is InChI=1S/C20H21NO3S/c1-14-5-4-6-17(11-14)20(22)21(19-9-10-25(23,24)13-19)18-8-7-15(2)16(3)12-18/h4-12,19H,13H2,1-3H3/t19-/m1/s1. The van der Waals surface area contributed by atoms with Crippen molar-refractivity contribution in [1.29, 1.82) is 0 Å². The molecule has 0 aliphatic carbocycles. The minimum Gasteiger partial charge on any atom is -0.300 e. The molecule has 0 N–H and O–H groups in total. The molecule has 130 valence electrons. The van der Waals surface area contributed by atoms with Crippen LogP contribution in [0.5, 0.6) is 0 Å². The highest BCUT2D eigenvalue weighted by atomic mass is 32.2. The van der Waals surface area contributed by atoms with Gasteiger partial charge in [-0.15, -0.1) is 0 Å². The van der Waals surface area contributed by atoms with Gasteiger partial charge in [0.25, 0.3) is 5.91 Å². The lowest BCUT2D eigenvalue weighted by atomic mass is 10.1. The fraction of sp³-hybridized carbons (Fsp3) is 0.250. The quantitative estimate of drug-likeness (QED) is 0.846. The van der Waals surface area contributed by atoms with E-state index >= 15 is 0 Å². The summed E-state index contributed by atoms with van der Waals surface area (Å²) in [4.78, 5) is 14.8. The molecule has 0 spiro atoms. The van der Waals surface area contributed by atoms with E-state index < -0.39 is 15.9 Å². The smallest absolute Gasteiger partial charge is 0.258 e. The van der Waals surface area contributed by atoms with Gasteiger partial charge in [0.05, 0.1) is 11.8 Å². The van der Waals surface area contributed by atoms with Crippen LogP contribution in [0.4, 0.5) is 5.69 Å². The second-order valence-electron chi connectivity index (χ2n) is 6.54. The molecule has 1 aliphatic rings. The monoisotopic (exact) mass is 355 g/mol. The first-order chi connectivity index (χ1) is 11.8. The van der Waals surface area contributed by atoms with Gasteiger partial charge >= 0.3 is 0 Å². The molecule has 1 heterocycles. The van der Waals surface area contributed by atoms with Gasteiger partial charge in [0, 0.05) is 16.7 Å². The van der Waals surface area contributed by atoms with Gasteiger partial charge in [-0.3, -0.25) is 4.79 Å². The number of nitrogens with zero attached hydrogens (tertiary/aromatic N) is 1. The fourth-order valence-electron chi connectivity index (χ4n) is 2.97. The molecule has 1 atom stereocenters. The second kappa shape index (κ2) is 6.48. The van der Waals surface area contributed by atoms with Crippen molar-refractivity contribution in [3.63, 3.8) is 0 Å². The van der Waals surface area contributed by atoms with Crippen molar-refractivity contribution in [3.8, 4) is 0 Å². The maximum Gasteiger partial charge on any atom is 0.258 e. The molecule has 0 radical (unpaired) electrons. The van der Waals surface area contributed by atoms with E-state index in [-0.39, 0.29) is 11.7 Å². The third kappa shape index (κ3) is 3.66. The van der Waals surface area contributed by atoms with Crippen molar-refractivity contribution in [2.75, 3.05) is 10.7 Å². The Morgan fingerprint density at radius 3 is 2.40 bits per heavy atom. The number of aryl methyl sites for hydroxylation is 3. The molecule has 25 heavy (non-hydrogen) atoms. The Bertz CT molecular complexity index is 961. The van der Waals surface area contributed by atoms with Crippen LogP contribution >= 0.6 is 0 Å². The van der Waals surface area contributed by atoms with Crippen LogP contribution in [0.3, 0.4) is 0 Å². The van der Waals surface area contributed by atoms with Crippen LogP contribution in [0.15, 0.2) is 53.9 Å². The molecule has 0 aromatic heterocycles. The Morgan fingerprint density at radius 1 is 1.04 bits per heavy atom. The minimum atomic E-state index is -3.27. The Labute approximate surface area is 148 Å². The predicted octanol–water partition coefficient (Wildman–Crippen LogP) is 3.57. The summed E-state index contributed by atoms with van der Waals surface area (Å²) >= 11 is 0. The summed E-state index contributed by atoms with van der Waals surface area (Å²) in [7, 11) is -3.27. The van der Waals surface area contributed by atoms with Crippen LogP contribution in [0.2, 0.25) is 0 Å². The number of carbonyl (C=O) groups is 1. The van der Waals surface area contributed by atoms with Crippen molar-refractivity contribution in [3.05, 3.63) is 76.2 Å². The van der Waals surface area contributed by atoms with E-state index in [9.17, 15) is 13.2 Å². The lowest BCUT2D eigenvalue weighted by Crippen LogP contribution is -2.41. The van der Waals surface area contributed by atoms with Crippen LogP contribution in [-0.2, 0) is 9.84 Å². The van der Waals surface area contributed by atoms with Gasteiger partial charge in [0.1, 0.15) is 0 Å². The summed E-state index contributed by atoms with van der Waals surface area (Å²) in [5, 5.41) is 1.20. The third-order valence-corrected chi connectivity index (χ3v) is 5.87. The fourth-order valence-corrected chi connectivity index (χ4v) is 4.24. The van der Waals surface area contributed by atoms with E-state index in [1.165, 1.54) is 5.41 Å². The van der Waals surface area contributed by atoms with Crippen LogP contribution < -0.4 is 4.90 Å². The van der Waals surface area contributed by atoms with Crippen molar-refractivity contribution in [2.45, 2.75) is 26.8 Å². The van der Waals surface area contributed by atoms with Crippen molar-refractivity contribution in [1.82, 2.24) is 0 Å². The van der Waals surface area contributed by atoms with Gasteiger partial charge in [-0.2, -0.15) is 0 Å². The van der Waals surface area contributed by atoms with Gasteiger partial charge in [0.15, 0.2) is 9.84 Å². The molecule has 0 saturated carbocycles. The van der Waals surface area contributed by atoms with Gasteiger partial charge < -0.3 is 4.90 Å². The largest absolute Gasteiger partial charge is 0.300 e. The average molecular weight is 355 g/mol. The van der Waals surface area contributed by atoms with Crippen LogP contribution in [0.25, 0.3) is 0 Å². The predicted molar refractivity (Wildman–Crippen MR) is 101 cm³/mol. The number of amides is 1. The van der Waals surface area contributed by atoms with Gasteiger partial charge in [-0.1, -0.05) is 23.8 Å². The molecule has 4 nitrogen and oxygen atoms in total. The Balaban J connectivity index is 2.07. The molecule has 2 aromatic carbocycles. The first-order valence-corrected chi connectivity index (χ1v) is 9.87. The normalized spacial score (nSPS) is 18.3. The number of sulfone groups is 1. The van der Waals surface area contributed by atoms with E-state index in [0.717, 1.165) is 16.7 Å². The molecule has 0 fully saturated rings. The Hall–Kier alpha value is -2.40. The van der Waals surface area contributed by atoms with Gasteiger partial charge in [-0.25, -0.2) is 8.42 Å². The molecule has 3 rings (SSSR count). The summed E-state index contributed by atoms with van der Waals surface area (Å²) in [5.41, 5.74) is 4.43. The summed E-state index contributed by atoms with van der Waals surface area (Å²) < 4.78 is 23.8. The number of anilines is 1. The average Bonchev–Trinajstić information content (AvgIpc) is 2.90. The van der Waals surface area contributed by atoms with Crippen molar-refractivity contribution >= 4 is 21.4 Å². The molecule has 1 amide bonds. The van der Waals surface area contributed by atoms with E-state index in [2.05, 4.69) is 0 Å². The summed E-state index contributed by atoms with van der Waals surface area (Å²) in [6.45, 7) is 5.91. The molecule has 2 aromatic rings. The van der Waals surface area contributed by atoms with Gasteiger partial charge in [-0.05, 0) is 62.2 Å². The number of rotatable bonds is 3. The molecular formula is C20H21NO3S. The maximum atomic E-state index is 13.2. The second-order valence-corrected chi connectivity index (χ2v) is 8.47. The molecule has 0 bridgehead atoms. The zero-order valence-corrected chi connectivity index (χ0v) is 15.4. The lowest BCUT2D eigenvalue weighted by Gasteiger charge is -2.28. The summed E-state index contributed by atoms with van der Waals surface area (Å²) in [6, 6.07) is 12.6. The summed E-state index contributed by atoms with van der Waals surface area (Å²) in [5.74, 6) is -0.281. The maximum absolute atomic E-state index is 13.2. The highest BCUT2D eigenvalue weighted by Crippen LogP contribution is 2.27. The highest BCUT2D eigenvalue weighted by Gasteiger charge is 2.32. The molecule has 1 aliphatic heterocycles. The van der Waals surface area contributed by atoms with E-state index in [4.69, 9.17) is 0 Å². The van der Waals surface area contributed by atoms with Crippen LogP contribution in [0.1, 0.15) is 27.0 Å². The number of benzene rings is 2. The van der Waals surface area contributed by atoms with Crippen molar-refractivity contribution in [2.24, 2.45) is 0 Å². The number of carbonyl (C=O) groups excluding carboxylic acids is 1. The van der Waals surface area contributed by atoms with E-state index in [0.29, 0.717) is 11.3 Å². The Morgan fingerprint density at radius 2 is 1.80 bits per heavy atom. The molecule has 5 heteroatoms. The van der Waals surface area contributed by atoms with Crippen LogP contribution in [0, 0.1) is 20.8 Å². The van der Waals surface area contributed by atoms with E-state index in [1.54, 1.807) is 17.0 Å². The number of hydrogen-bond acceptors (Lipinski definition) is 3. The first-order valence-electron chi connectivity index (χ1n) is 8.15. The molecule has 0 unspecified atom stereocenters.